The molecule has 0 bridgehead atoms. The molecule has 0 atom stereocenters. The minimum absolute atomic E-state index is 0.205. The maximum atomic E-state index is 11.1. The predicted molar refractivity (Wildman–Crippen MR) is 99.0 cm³/mol. The van der Waals surface area contributed by atoms with Crippen LogP contribution in [0.3, 0.4) is 0 Å². The Morgan fingerprint density at radius 1 is 1.12 bits per heavy atom. The lowest BCUT2D eigenvalue weighted by molar-refractivity contribution is -0.115. The predicted octanol–water partition coefficient (Wildman–Crippen LogP) is 3.47. The van der Waals surface area contributed by atoms with Gasteiger partial charge in [-0.2, -0.15) is 0 Å². The fourth-order valence-electron chi connectivity index (χ4n) is 2.34. The first kappa shape index (κ1) is 16.3. The van der Waals surface area contributed by atoms with E-state index in [0.717, 1.165) is 33.4 Å². The number of carbonyl (C=O) groups is 1. The third-order valence-corrected chi connectivity index (χ3v) is 4.50. The van der Waals surface area contributed by atoms with Gasteiger partial charge >= 0.3 is 0 Å². The van der Waals surface area contributed by atoms with Gasteiger partial charge in [0.15, 0.2) is 0 Å². The van der Waals surface area contributed by atoms with E-state index in [0.29, 0.717) is 6.42 Å². The van der Waals surface area contributed by atoms with E-state index in [1.807, 2.05) is 48.5 Å². The van der Waals surface area contributed by atoms with E-state index in [2.05, 4.69) is 4.99 Å². The Kier molecular flexibility index (Phi) is 4.96. The van der Waals surface area contributed by atoms with Crippen LogP contribution in [0.25, 0.3) is 0 Å². The molecule has 1 aliphatic heterocycles. The number of benzene rings is 2. The molecule has 0 spiro atoms. The lowest BCUT2D eigenvalue weighted by Crippen LogP contribution is -2.15. The minimum Gasteiger partial charge on any atom is -0.497 e. The van der Waals surface area contributed by atoms with E-state index in [1.54, 1.807) is 7.11 Å². The van der Waals surface area contributed by atoms with Crippen molar-refractivity contribution in [1.82, 2.24) is 0 Å². The van der Waals surface area contributed by atoms with Crippen LogP contribution in [0.15, 0.2) is 58.5 Å². The number of hydrogen-bond donors (Lipinski definition) is 1. The zero-order valence-corrected chi connectivity index (χ0v) is 14.0. The molecule has 0 saturated heterocycles. The van der Waals surface area contributed by atoms with Gasteiger partial charge in [0.1, 0.15) is 5.75 Å². The maximum absolute atomic E-state index is 11.1. The van der Waals surface area contributed by atoms with Crippen LogP contribution in [0, 0.1) is 0 Å². The molecule has 0 fully saturated rings. The first-order valence-electron chi connectivity index (χ1n) is 7.45. The van der Waals surface area contributed by atoms with Crippen molar-refractivity contribution >= 4 is 39.8 Å². The van der Waals surface area contributed by atoms with Gasteiger partial charge < -0.3 is 10.5 Å². The quantitative estimate of drug-likeness (QED) is 0.926. The van der Waals surface area contributed by atoms with E-state index in [9.17, 15) is 4.79 Å². The van der Waals surface area contributed by atoms with E-state index < -0.39 is 0 Å². The van der Waals surface area contributed by atoms with Crippen LogP contribution in [0.4, 0.5) is 11.4 Å². The van der Waals surface area contributed by atoms with Crippen molar-refractivity contribution in [3.05, 3.63) is 54.1 Å². The molecule has 0 saturated carbocycles. The molecule has 122 valence electrons. The molecule has 2 aromatic rings. The van der Waals surface area contributed by atoms with Crippen LogP contribution >= 0.6 is 11.8 Å². The summed E-state index contributed by atoms with van der Waals surface area (Å²) in [7, 11) is 1.64. The summed E-state index contributed by atoms with van der Waals surface area (Å²) >= 11 is 1.36. The highest BCUT2D eigenvalue weighted by molar-refractivity contribution is 8.14. The molecule has 1 heterocycles. The highest BCUT2D eigenvalue weighted by Gasteiger charge is 2.16. The van der Waals surface area contributed by atoms with Crippen molar-refractivity contribution in [2.45, 2.75) is 6.42 Å². The summed E-state index contributed by atoms with van der Waals surface area (Å²) in [6, 6.07) is 15.5. The van der Waals surface area contributed by atoms with Crippen molar-refractivity contribution in [2.75, 3.05) is 12.9 Å². The van der Waals surface area contributed by atoms with Crippen LogP contribution < -0.4 is 10.5 Å². The van der Waals surface area contributed by atoms with Gasteiger partial charge in [-0.1, -0.05) is 12.1 Å². The van der Waals surface area contributed by atoms with Crippen LogP contribution in [0.1, 0.15) is 12.0 Å². The number of primary amides is 1. The lowest BCUT2D eigenvalue weighted by Gasteiger charge is -2.07. The first-order valence-corrected chi connectivity index (χ1v) is 8.44. The van der Waals surface area contributed by atoms with Gasteiger partial charge in [-0.25, -0.2) is 4.99 Å². The van der Waals surface area contributed by atoms with Crippen molar-refractivity contribution in [3.8, 4) is 5.75 Å². The van der Waals surface area contributed by atoms with E-state index >= 15 is 0 Å². The number of nitrogens with two attached hydrogens (primary N) is 1. The Labute approximate surface area is 144 Å². The van der Waals surface area contributed by atoms with Gasteiger partial charge in [0.2, 0.25) is 5.91 Å². The minimum atomic E-state index is -0.358. The third-order valence-electron chi connectivity index (χ3n) is 3.51. The largest absolute Gasteiger partial charge is 0.497 e. The highest BCUT2D eigenvalue weighted by atomic mass is 32.2. The Hall–Kier alpha value is -2.60. The van der Waals surface area contributed by atoms with Crippen molar-refractivity contribution in [3.63, 3.8) is 0 Å². The van der Waals surface area contributed by atoms with Gasteiger partial charge in [-0.05, 0) is 42.0 Å². The second-order valence-electron chi connectivity index (χ2n) is 5.21. The maximum Gasteiger partial charge on any atom is 0.227 e. The second kappa shape index (κ2) is 7.31. The number of aliphatic imine (C=N–C) groups is 2. The number of methoxy groups -OCH3 is 1. The number of para-hydroxylation sites is 2. The van der Waals surface area contributed by atoms with E-state index in [1.165, 1.54) is 11.8 Å². The van der Waals surface area contributed by atoms with Crippen LogP contribution in [-0.2, 0) is 4.79 Å². The van der Waals surface area contributed by atoms with Gasteiger partial charge in [-0.15, -0.1) is 11.8 Å². The van der Waals surface area contributed by atoms with Crippen LogP contribution in [-0.4, -0.2) is 29.5 Å². The smallest absolute Gasteiger partial charge is 0.227 e. The van der Waals surface area contributed by atoms with E-state index in [4.69, 9.17) is 15.5 Å². The molecule has 2 N–H and O–H groups in total. The summed E-state index contributed by atoms with van der Waals surface area (Å²) in [5.41, 5.74) is 8.78. The second-order valence-corrected chi connectivity index (χ2v) is 6.26. The van der Waals surface area contributed by atoms with Crippen LogP contribution in [0.2, 0.25) is 0 Å². The Balaban J connectivity index is 1.98. The summed E-state index contributed by atoms with van der Waals surface area (Å²) in [6.07, 6.45) is 0.555. The summed E-state index contributed by atoms with van der Waals surface area (Å²) < 4.78 is 5.20. The molecule has 0 unspecified atom stereocenters. The fourth-order valence-corrected chi connectivity index (χ4v) is 3.05. The number of thioether (sulfide) groups is 1. The molecule has 0 aromatic heterocycles. The summed E-state index contributed by atoms with van der Waals surface area (Å²) in [5, 5.41) is 0.827. The molecule has 1 aliphatic rings. The molecule has 5 nitrogen and oxygen atoms in total. The number of carbonyl (C=O) groups excluding carboxylic acids is 1. The molecular weight excluding hydrogens is 322 g/mol. The number of hydrogen-bond acceptors (Lipinski definition) is 5. The zero-order chi connectivity index (χ0) is 16.9. The number of rotatable bonds is 4. The monoisotopic (exact) mass is 339 g/mol. The summed E-state index contributed by atoms with van der Waals surface area (Å²) in [6.45, 7) is 0. The molecule has 2 aromatic carbocycles. The molecule has 24 heavy (non-hydrogen) atoms. The molecular formula is C18H17N3O2S. The number of ether oxygens (including phenoxy) is 1. The van der Waals surface area contributed by atoms with Crippen LogP contribution in [0.5, 0.6) is 5.75 Å². The Morgan fingerprint density at radius 3 is 2.42 bits per heavy atom. The molecule has 0 radical (unpaired) electrons. The number of nitrogens with zero attached hydrogens (tertiary/aromatic N) is 2. The van der Waals surface area contributed by atoms with Gasteiger partial charge in [0.05, 0.1) is 35.0 Å². The standard InChI is InChI=1S/C18H17N3O2S/c1-23-13-8-6-12(7-9-13)16-10-18(24-11-17(19)22)21-15-5-3-2-4-14(15)20-16/h2-9H,10-11H2,1H3,(H2,19,22). The zero-order valence-electron chi connectivity index (χ0n) is 13.2. The van der Waals surface area contributed by atoms with Gasteiger partial charge in [-0.3, -0.25) is 9.79 Å². The van der Waals surface area contributed by atoms with Crippen molar-refractivity contribution in [1.29, 1.82) is 0 Å². The molecule has 3 rings (SSSR count). The lowest BCUT2D eigenvalue weighted by atomic mass is 10.1. The van der Waals surface area contributed by atoms with Crippen molar-refractivity contribution < 1.29 is 9.53 Å². The molecule has 0 aliphatic carbocycles. The highest BCUT2D eigenvalue weighted by Crippen LogP contribution is 2.33. The number of amides is 1. The average Bonchev–Trinajstić information content (AvgIpc) is 2.79. The van der Waals surface area contributed by atoms with Gasteiger partial charge in [0, 0.05) is 6.42 Å². The SMILES string of the molecule is COc1ccc(C2=Nc3ccccc3N=C(SCC(N)=O)C2)cc1. The Morgan fingerprint density at radius 2 is 1.79 bits per heavy atom. The topological polar surface area (TPSA) is 77.0 Å². The molecule has 6 heteroatoms. The first-order chi connectivity index (χ1) is 11.7. The van der Waals surface area contributed by atoms with Crippen molar-refractivity contribution in [2.24, 2.45) is 15.7 Å². The summed E-state index contributed by atoms with van der Waals surface area (Å²) in [4.78, 5) is 20.5. The normalized spacial score (nSPS) is 13.4. The third kappa shape index (κ3) is 3.83. The average molecular weight is 339 g/mol. The van der Waals surface area contributed by atoms with Gasteiger partial charge in [0.25, 0.3) is 0 Å². The van der Waals surface area contributed by atoms with E-state index in [-0.39, 0.29) is 11.7 Å². The number of fused-ring (bicyclic) bond motifs is 1. The Bertz CT molecular complexity index is 813. The molecule has 1 amide bonds. The fraction of sp³-hybridized carbons (Fsp3) is 0.167. The summed E-state index contributed by atoms with van der Waals surface area (Å²) in [5.74, 6) is 0.644.